The number of aromatic nitrogens is 1. The number of ether oxygens (including phenoxy) is 1. The van der Waals surface area contributed by atoms with Gasteiger partial charge in [-0.15, -0.1) is 0 Å². The Morgan fingerprint density at radius 2 is 2.05 bits per heavy atom. The van der Waals surface area contributed by atoms with E-state index in [0.717, 1.165) is 31.7 Å². The summed E-state index contributed by atoms with van der Waals surface area (Å²) < 4.78 is 5.80. The fourth-order valence-electron chi connectivity index (χ4n) is 2.09. The zero-order chi connectivity index (χ0) is 14.8. The molecule has 1 N–H and O–H groups in total. The Kier molecular flexibility index (Phi) is 6.75. The SMILES string of the molecule is [CH]CCNCc1cccc(OCCCc2cccnc2)c1. The van der Waals surface area contributed by atoms with Crippen LogP contribution in [0.1, 0.15) is 24.0 Å². The maximum absolute atomic E-state index is 5.80. The second-order valence-corrected chi connectivity index (χ2v) is 4.93. The molecule has 0 aliphatic heterocycles. The topological polar surface area (TPSA) is 34.1 Å². The maximum Gasteiger partial charge on any atom is 0.119 e. The number of hydrogen-bond donors (Lipinski definition) is 1. The van der Waals surface area contributed by atoms with Gasteiger partial charge in [-0.1, -0.05) is 18.2 Å². The van der Waals surface area contributed by atoms with E-state index in [0.29, 0.717) is 13.0 Å². The van der Waals surface area contributed by atoms with E-state index in [1.165, 1.54) is 11.1 Å². The molecular weight excluding hydrogens is 260 g/mol. The molecule has 0 atom stereocenters. The molecule has 0 fully saturated rings. The summed E-state index contributed by atoms with van der Waals surface area (Å²) in [5.74, 6) is 0.924. The number of benzene rings is 1. The fraction of sp³-hybridized carbons (Fsp3) is 0.333. The first-order chi connectivity index (χ1) is 10.4. The maximum atomic E-state index is 5.80. The van der Waals surface area contributed by atoms with Crippen molar-refractivity contribution >= 4 is 0 Å². The standard InChI is InChI=1S/C18H22N2O/c1-2-10-19-15-17-6-3-9-18(13-17)21-12-5-8-16-7-4-11-20-14-16/h1,3-4,6-7,9,11,13-14,19H,2,5,8,10,12,15H2. The van der Waals surface area contributed by atoms with Gasteiger partial charge in [0.15, 0.2) is 0 Å². The molecule has 1 aromatic carbocycles. The second kappa shape index (κ2) is 9.14. The van der Waals surface area contributed by atoms with Crippen LogP contribution in [0.3, 0.4) is 0 Å². The van der Waals surface area contributed by atoms with Gasteiger partial charge in [0, 0.05) is 18.9 Å². The van der Waals surface area contributed by atoms with E-state index >= 15 is 0 Å². The van der Waals surface area contributed by atoms with Crippen LogP contribution in [0.2, 0.25) is 0 Å². The predicted octanol–water partition coefficient (Wildman–Crippen LogP) is 3.28. The highest BCUT2D eigenvalue weighted by Gasteiger charge is 1.98. The fourth-order valence-corrected chi connectivity index (χ4v) is 2.09. The molecule has 2 rings (SSSR count). The van der Waals surface area contributed by atoms with Gasteiger partial charge in [0.25, 0.3) is 0 Å². The van der Waals surface area contributed by atoms with E-state index in [2.05, 4.69) is 28.5 Å². The Bertz CT molecular complexity index is 514. The quantitative estimate of drug-likeness (QED) is 0.717. The van der Waals surface area contributed by atoms with Crippen molar-refractivity contribution in [3.05, 3.63) is 66.8 Å². The highest BCUT2D eigenvalue weighted by molar-refractivity contribution is 5.28. The summed E-state index contributed by atoms with van der Waals surface area (Å²) >= 11 is 0. The lowest BCUT2D eigenvalue weighted by Crippen LogP contribution is -2.13. The van der Waals surface area contributed by atoms with E-state index in [-0.39, 0.29) is 0 Å². The van der Waals surface area contributed by atoms with Crippen molar-refractivity contribution < 1.29 is 4.74 Å². The van der Waals surface area contributed by atoms with Crippen molar-refractivity contribution in [2.24, 2.45) is 0 Å². The van der Waals surface area contributed by atoms with E-state index in [9.17, 15) is 0 Å². The molecule has 1 heterocycles. The van der Waals surface area contributed by atoms with Gasteiger partial charge in [0.1, 0.15) is 5.75 Å². The molecule has 0 saturated carbocycles. The number of aryl methyl sites for hydroxylation is 1. The van der Waals surface area contributed by atoms with Crippen molar-refractivity contribution in [1.82, 2.24) is 10.3 Å². The summed E-state index contributed by atoms with van der Waals surface area (Å²) in [4.78, 5) is 4.11. The van der Waals surface area contributed by atoms with E-state index in [1.807, 2.05) is 24.4 Å². The van der Waals surface area contributed by atoms with Gasteiger partial charge < -0.3 is 10.1 Å². The lowest BCUT2D eigenvalue weighted by molar-refractivity contribution is 0.310. The second-order valence-electron chi connectivity index (χ2n) is 4.93. The molecule has 0 unspecified atom stereocenters. The smallest absolute Gasteiger partial charge is 0.119 e. The number of nitrogens with zero attached hydrogens (tertiary/aromatic N) is 1. The molecule has 3 heteroatoms. The van der Waals surface area contributed by atoms with E-state index in [1.54, 1.807) is 6.20 Å². The summed E-state index contributed by atoms with van der Waals surface area (Å²) in [5, 5.41) is 3.28. The minimum absolute atomic E-state index is 0.657. The Morgan fingerprint density at radius 3 is 2.86 bits per heavy atom. The molecular formula is C18H22N2O. The molecule has 2 aromatic rings. The Hall–Kier alpha value is -1.87. The molecule has 110 valence electrons. The average molecular weight is 282 g/mol. The van der Waals surface area contributed by atoms with Crippen LogP contribution in [-0.2, 0) is 13.0 Å². The highest BCUT2D eigenvalue weighted by Crippen LogP contribution is 2.14. The molecule has 2 radical (unpaired) electrons. The van der Waals surface area contributed by atoms with Gasteiger partial charge in [-0.3, -0.25) is 4.98 Å². The summed E-state index contributed by atoms with van der Waals surface area (Å²) in [6, 6.07) is 12.2. The summed E-state index contributed by atoms with van der Waals surface area (Å²) in [6.07, 6.45) is 6.34. The average Bonchev–Trinajstić information content (AvgIpc) is 2.53. The van der Waals surface area contributed by atoms with Crippen LogP contribution in [0.4, 0.5) is 0 Å². The third-order valence-electron chi connectivity index (χ3n) is 3.15. The molecule has 0 aliphatic carbocycles. The molecule has 3 nitrogen and oxygen atoms in total. The van der Waals surface area contributed by atoms with Crippen LogP contribution in [-0.4, -0.2) is 18.1 Å². The van der Waals surface area contributed by atoms with Gasteiger partial charge in [-0.05, 0) is 62.1 Å². The summed E-state index contributed by atoms with van der Waals surface area (Å²) in [5.41, 5.74) is 2.47. The van der Waals surface area contributed by atoms with Crippen molar-refractivity contribution in [1.29, 1.82) is 0 Å². The first-order valence-electron chi connectivity index (χ1n) is 7.40. The number of nitrogens with one attached hydrogen (secondary N) is 1. The Balaban J connectivity index is 1.71. The Labute approximate surface area is 127 Å². The third-order valence-corrected chi connectivity index (χ3v) is 3.15. The third kappa shape index (κ3) is 5.96. The molecule has 21 heavy (non-hydrogen) atoms. The predicted molar refractivity (Wildman–Crippen MR) is 85.1 cm³/mol. The Morgan fingerprint density at radius 1 is 1.14 bits per heavy atom. The van der Waals surface area contributed by atoms with Crippen LogP contribution >= 0.6 is 0 Å². The van der Waals surface area contributed by atoms with Crippen molar-refractivity contribution in [3.63, 3.8) is 0 Å². The zero-order valence-corrected chi connectivity index (χ0v) is 12.3. The van der Waals surface area contributed by atoms with E-state index in [4.69, 9.17) is 11.7 Å². The normalized spacial score (nSPS) is 10.5. The molecule has 1 aromatic heterocycles. The van der Waals surface area contributed by atoms with Gasteiger partial charge in [0.05, 0.1) is 6.61 Å². The van der Waals surface area contributed by atoms with Gasteiger partial charge in [-0.2, -0.15) is 0 Å². The number of rotatable bonds is 9. The minimum atomic E-state index is 0.657. The molecule has 0 amide bonds. The van der Waals surface area contributed by atoms with Crippen LogP contribution < -0.4 is 10.1 Å². The van der Waals surface area contributed by atoms with Crippen LogP contribution in [0.5, 0.6) is 5.75 Å². The largest absolute Gasteiger partial charge is 0.494 e. The van der Waals surface area contributed by atoms with Gasteiger partial charge in [-0.25, -0.2) is 0 Å². The first kappa shape index (κ1) is 15.5. The number of pyridine rings is 1. The van der Waals surface area contributed by atoms with Gasteiger partial charge >= 0.3 is 0 Å². The highest BCUT2D eigenvalue weighted by atomic mass is 16.5. The van der Waals surface area contributed by atoms with Gasteiger partial charge in [0.2, 0.25) is 0 Å². The molecule has 0 aliphatic rings. The first-order valence-corrected chi connectivity index (χ1v) is 7.40. The lowest BCUT2D eigenvalue weighted by atomic mass is 10.2. The molecule has 0 spiro atoms. The zero-order valence-electron chi connectivity index (χ0n) is 12.3. The van der Waals surface area contributed by atoms with Crippen LogP contribution in [0, 0.1) is 6.92 Å². The van der Waals surface area contributed by atoms with Crippen LogP contribution in [0.25, 0.3) is 0 Å². The summed E-state index contributed by atoms with van der Waals surface area (Å²) in [6.45, 7) is 7.83. The lowest BCUT2D eigenvalue weighted by Gasteiger charge is -2.08. The van der Waals surface area contributed by atoms with Crippen molar-refractivity contribution in [2.45, 2.75) is 25.8 Å². The van der Waals surface area contributed by atoms with E-state index < -0.39 is 0 Å². The van der Waals surface area contributed by atoms with Crippen molar-refractivity contribution in [3.8, 4) is 5.75 Å². The molecule has 0 saturated heterocycles. The van der Waals surface area contributed by atoms with Crippen molar-refractivity contribution in [2.75, 3.05) is 13.2 Å². The summed E-state index contributed by atoms with van der Waals surface area (Å²) in [7, 11) is 0. The molecule has 0 bridgehead atoms. The van der Waals surface area contributed by atoms with Crippen LogP contribution in [0.15, 0.2) is 48.8 Å². The minimum Gasteiger partial charge on any atom is -0.494 e. The number of hydrogen-bond acceptors (Lipinski definition) is 3. The monoisotopic (exact) mass is 282 g/mol.